The minimum Gasteiger partial charge on any atom is -0.351 e. The van der Waals surface area contributed by atoms with Crippen molar-refractivity contribution in [3.05, 3.63) is 0 Å². The first-order chi connectivity index (χ1) is 11.6. The van der Waals surface area contributed by atoms with Gasteiger partial charge in [-0.2, -0.15) is 0 Å². The average molecular weight is 351 g/mol. The Morgan fingerprint density at radius 1 is 1.04 bits per heavy atom. The van der Waals surface area contributed by atoms with Gasteiger partial charge in [0.15, 0.2) is 0 Å². The number of likely N-dealkylation sites (tertiary alicyclic amines) is 2. The largest absolute Gasteiger partial charge is 0.351 e. The Kier molecular flexibility index (Phi) is 6.12. The lowest BCUT2D eigenvalue weighted by Gasteiger charge is -2.37. The van der Waals surface area contributed by atoms with Crippen LogP contribution in [-0.4, -0.2) is 59.2 Å². The van der Waals surface area contributed by atoms with Crippen molar-refractivity contribution in [1.29, 1.82) is 0 Å². The second-order valence-electron chi connectivity index (χ2n) is 8.69. The molecule has 142 valence electrons. The lowest BCUT2D eigenvalue weighted by molar-refractivity contribution is -0.149. The summed E-state index contributed by atoms with van der Waals surface area (Å²) in [4.78, 5) is 41.2. The Morgan fingerprint density at radius 3 is 2.28 bits per heavy atom. The van der Waals surface area contributed by atoms with Crippen molar-refractivity contribution in [3.63, 3.8) is 0 Å². The zero-order valence-electron chi connectivity index (χ0n) is 16.3. The predicted molar refractivity (Wildman–Crippen MR) is 96.8 cm³/mol. The molecule has 2 atom stereocenters. The van der Waals surface area contributed by atoms with Gasteiger partial charge < -0.3 is 15.1 Å². The molecule has 0 aromatic heterocycles. The van der Waals surface area contributed by atoms with E-state index in [1.54, 1.807) is 4.90 Å². The molecule has 2 rings (SSSR count). The molecular weight excluding hydrogens is 318 g/mol. The fourth-order valence-electron chi connectivity index (χ4n) is 3.57. The number of carbonyl (C=O) groups excluding carboxylic acids is 3. The topological polar surface area (TPSA) is 69.7 Å². The number of nitrogens with zero attached hydrogens (tertiary/aromatic N) is 2. The van der Waals surface area contributed by atoms with E-state index in [0.29, 0.717) is 19.6 Å². The van der Waals surface area contributed by atoms with Crippen LogP contribution in [0.2, 0.25) is 0 Å². The molecule has 0 aromatic rings. The third kappa shape index (κ3) is 4.73. The van der Waals surface area contributed by atoms with Gasteiger partial charge in [-0.15, -0.1) is 0 Å². The molecule has 2 unspecified atom stereocenters. The van der Waals surface area contributed by atoms with Gasteiger partial charge in [-0.25, -0.2) is 0 Å². The quantitative estimate of drug-likeness (QED) is 0.843. The van der Waals surface area contributed by atoms with Crippen molar-refractivity contribution < 1.29 is 14.4 Å². The lowest BCUT2D eigenvalue weighted by atomic mass is 9.94. The van der Waals surface area contributed by atoms with Crippen LogP contribution in [0.3, 0.4) is 0 Å². The Bertz CT molecular complexity index is 524. The number of hydrogen-bond acceptors (Lipinski definition) is 3. The first kappa shape index (κ1) is 19.7. The number of hydrogen-bond donors (Lipinski definition) is 1. The minimum atomic E-state index is -0.474. The van der Waals surface area contributed by atoms with E-state index in [1.165, 1.54) is 0 Å². The molecule has 2 fully saturated rings. The van der Waals surface area contributed by atoms with Gasteiger partial charge in [-0.3, -0.25) is 14.4 Å². The Hall–Kier alpha value is -1.59. The van der Waals surface area contributed by atoms with Crippen molar-refractivity contribution in [1.82, 2.24) is 15.1 Å². The van der Waals surface area contributed by atoms with Crippen LogP contribution in [0.4, 0.5) is 0 Å². The van der Waals surface area contributed by atoms with Crippen LogP contribution in [0.1, 0.15) is 60.3 Å². The summed E-state index contributed by atoms with van der Waals surface area (Å²) < 4.78 is 0. The average Bonchev–Trinajstić information content (AvgIpc) is 3.01. The second kappa shape index (κ2) is 7.75. The van der Waals surface area contributed by atoms with Gasteiger partial charge in [0.25, 0.3) is 0 Å². The molecule has 0 radical (unpaired) electrons. The summed E-state index contributed by atoms with van der Waals surface area (Å²) in [6.07, 6.45) is 3.39. The lowest BCUT2D eigenvalue weighted by Crippen LogP contribution is -2.55. The summed E-state index contributed by atoms with van der Waals surface area (Å²) in [5.41, 5.74) is -0.474. The summed E-state index contributed by atoms with van der Waals surface area (Å²) in [7, 11) is 0. The molecule has 0 aliphatic carbocycles. The highest BCUT2D eigenvalue weighted by Crippen LogP contribution is 2.27. The molecule has 2 aliphatic heterocycles. The number of carbonyl (C=O) groups is 3. The van der Waals surface area contributed by atoms with Crippen molar-refractivity contribution >= 4 is 17.7 Å². The van der Waals surface area contributed by atoms with Crippen molar-refractivity contribution in [2.24, 2.45) is 11.3 Å². The Morgan fingerprint density at radius 2 is 1.68 bits per heavy atom. The molecule has 3 amide bonds. The normalized spacial score (nSPS) is 24.6. The monoisotopic (exact) mass is 351 g/mol. The molecule has 0 spiro atoms. The van der Waals surface area contributed by atoms with Gasteiger partial charge in [0.1, 0.15) is 6.04 Å². The van der Waals surface area contributed by atoms with Crippen LogP contribution in [0, 0.1) is 11.3 Å². The Balaban J connectivity index is 2.01. The van der Waals surface area contributed by atoms with Gasteiger partial charge in [0, 0.05) is 37.0 Å². The summed E-state index contributed by atoms with van der Waals surface area (Å²) in [6.45, 7) is 11.3. The third-order valence-corrected chi connectivity index (χ3v) is 5.04. The number of rotatable bonds is 3. The molecule has 6 heteroatoms. The molecule has 6 nitrogen and oxygen atoms in total. The van der Waals surface area contributed by atoms with Crippen LogP contribution in [0.5, 0.6) is 0 Å². The summed E-state index contributed by atoms with van der Waals surface area (Å²) in [5.74, 6) is 0.0640. The first-order valence-corrected chi connectivity index (χ1v) is 9.51. The third-order valence-electron chi connectivity index (χ3n) is 5.04. The maximum atomic E-state index is 13.0. The highest BCUT2D eigenvalue weighted by molar-refractivity contribution is 5.90. The molecule has 2 aliphatic rings. The fourth-order valence-corrected chi connectivity index (χ4v) is 3.57. The molecule has 0 bridgehead atoms. The van der Waals surface area contributed by atoms with Crippen molar-refractivity contribution in [2.45, 2.75) is 72.4 Å². The summed E-state index contributed by atoms with van der Waals surface area (Å²) in [5, 5.41) is 3.04. The maximum absolute atomic E-state index is 13.0. The van der Waals surface area contributed by atoms with Gasteiger partial charge in [-0.1, -0.05) is 34.6 Å². The van der Waals surface area contributed by atoms with Crippen LogP contribution >= 0.6 is 0 Å². The highest BCUT2D eigenvalue weighted by Gasteiger charge is 2.41. The molecule has 2 heterocycles. The molecular formula is C19H33N3O3. The number of amides is 3. The first-order valence-electron chi connectivity index (χ1n) is 9.51. The van der Waals surface area contributed by atoms with E-state index in [2.05, 4.69) is 5.32 Å². The van der Waals surface area contributed by atoms with Crippen molar-refractivity contribution in [3.8, 4) is 0 Å². The number of piperidine rings is 1. The van der Waals surface area contributed by atoms with Gasteiger partial charge in [0.2, 0.25) is 17.7 Å². The molecule has 0 saturated carbocycles. The zero-order chi connectivity index (χ0) is 18.8. The fraction of sp³-hybridized carbons (Fsp3) is 0.842. The SMILES string of the molecule is CC(C)C(=O)NC1CCCN(C(=O)C2CCCN2C(=O)C(C)(C)C)C1. The van der Waals surface area contributed by atoms with E-state index in [-0.39, 0.29) is 35.7 Å². The molecule has 1 N–H and O–H groups in total. The summed E-state index contributed by atoms with van der Waals surface area (Å²) in [6, 6.07) is -0.327. The van der Waals surface area contributed by atoms with Gasteiger partial charge >= 0.3 is 0 Å². The van der Waals surface area contributed by atoms with Crippen LogP contribution in [0.25, 0.3) is 0 Å². The summed E-state index contributed by atoms with van der Waals surface area (Å²) >= 11 is 0. The molecule has 0 aromatic carbocycles. The standard InChI is InChI=1S/C19H33N3O3/c1-13(2)16(23)20-14-8-6-10-21(12-14)17(24)15-9-7-11-22(15)18(25)19(3,4)5/h13-15H,6-12H2,1-5H3,(H,20,23). The Labute approximate surface area is 151 Å². The zero-order valence-corrected chi connectivity index (χ0v) is 16.3. The molecule has 2 saturated heterocycles. The van der Waals surface area contributed by atoms with E-state index < -0.39 is 5.41 Å². The number of nitrogens with one attached hydrogen (secondary N) is 1. The van der Waals surface area contributed by atoms with Gasteiger partial charge in [-0.05, 0) is 25.7 Å². The van der Waals surface area contributed by atoms with E-state index in [4.69, 9.17) is 0 Å². The van der Waals surface area contributed by atoms with Crippen LogP contribution in [0.15, 0.2) is 0 Å². The van der Waals surface area contributed by atoms with E-state index >= 15 is 0 Å². The second-order valence-corrected chi connectivity index (χ2v) is 8.69. The van der Waals surface area contributed by atoms with Crippen LogP contribution < -0.4 is 5.32 Å². The molecule has 25 heavy (non-hydrogen) atoms. The predicted octanol–water partition coefficient (Wildman–Crippen LogP) is 1.79. The van der Waals surface area contributed by atoms with Crippen LogP contribution in [-0.2, 0) is 14.4 Å². The van der Waals surface area contributed by atoms with Gasteiger partial charge in [0.05, 0.1) is 0 Å². The van der Waals surface area contributed by atoms with E-state index in [9.17, 15) is 14.4 Å². The van der Waals surface area contributed by atoms with E-state index in [0.717, 1.165) is 25.7 Å². The van der Waals surface area contributed by atoms with E-state index in [1.807, 2.05) is 39.5 Å². The minimum absolute atomic E-state index is 0.0146. The smallest absolute Gasteiger partial charge is 0.245 e. The highest BCUT2D eigenvalue weighted by atomic mass is 16.2. The maximum Gasteiger partial charge on any atom is 0.245 e. The van der Waals surface area contributed by atoms with Crippen molar-refractivity contribution in [2.75, 3.05) is 19.6 Å².